The summed E-state index contributed by atoms with van der Waals surface area (Å²) in [6, 6.07) is 0. The zero-order chi connectivity index (χ0) is 8.32. The number of hydrogen-bond donors (Lipinski definition) is 1. The maximum atomic E-state index is 10.8. The van der Waals surface area contributed by atoms with Gasteiger partial charge in [0.25, 0.3) is 0 Å². The molecule has 1 atom stereocenters. The Balaban J connectivity index is 2.85. The normalized spacial score (nSPS) is 28.8. The van der Waals surface area contributed by atoms with Gasteiger partial charge < -0.3 is 5.11 Å². The predicted molar refractivity (Wildman–Crippen MR) is 42.0 cm³/mol. The second-order valence-corrected chi connectivity index (χ2v) is 2.59. The molecule has 0 saturated heterocycles. The number of carboxylic acid groups (broad SMARTS) is 1. The van der Waals surface area contributed by atoms with E-state index < -0.39 is 6.09 Å². The lowest BCUT2D eigenvalue weighted by molar-refractivity contribution is -0.798. The van der Waals surface area contributed by atoms with Crippen molar-refractivity contribution in [2.24, 2.45) is 0 Å². The zero-order valence-corrected chi connectivity index (χ0v) is 6.53. The van der Waals surface area contributed by atoms with Crippen LogP contribution in [0.4, 0.5) is 4.79 Å². The molecule has 60 valence electrons. The maximum absolute atomic E-state index is 10.8. The molecule has 0 spiro atoms. The van der Waals surface area contributed by atoms with E-state index in [2.05, 4.69) is 0 Å². The van der Waals surface area contributed by atoms with Crippen molar-refractivity contribution < 1.29 is 14.4 Å². The summed E-state index contributed by atoms with van der Waals surface area (Å²) in [6.07, 6.45) is 6.45. The van der Waals surface area contributed by atoms with Crippen LogP contribution in [0.1, 0.15) is 6.92 Å². The van der Waals surface area contributed by atoms with Crippen LogP contribution in [0.15, 0.2) is 24.4 Å². The topological polar surface area (TPSA) is 37.3 Å². The van der Waals surface area contributed by atoms with Gasteiger partial charge in [0.05, 0.1) is 6.54 Å². The SMILES string of the molecule is CC[N+]1(C(=O)O)C=CC=CC1. The number of quaternary nitrogens is 1. The minimum absolute atomic E-state index is 0.0243. The van der Waals surface area contributed by atoms with Crippen LogP contribution in [0.2, 0.25) is 0 Å². The molecule has 1 unspecified atom stereocenters. The van der Waals surface area contributed by atoms with E-state index in [0.717, 1.165) is 0 Å². The molecule has 0 aromatic heterocycles. The summed E-state index contributed by atoms with van der Waals surface area (Å²) in [7, 11) is 0. The Morgan fingerprint density at radius 3 is 2.64 bits per heavy atom. The Bertz CT molecular complexity index is 220. The highest BCUT2D eigenvalue weighted by atomic mass is 16.4. The van der Waals surface area contributed by atoms with Gasteiger partial charge in [-0.2, -0.15) is 9.28 Å². The lowest BCUT2D eigenvalue weighted by atomic mass is 10.3. The zero-order valence-electron chi connectivity index (χ0n) is 6.53. The first-order valence-corrected chi connectivity index (χ1v) is 3.66. The largest absolute Gasteiger partial charge is 0.518 e. The summed E-state index contributed by atoms with van der Waals surface area (Å²) in [5.41, 5.74) is 0. The molecule has 0 saturated carbocycles. The molecular formula is C8H12NO2+. The lowest BCUT2D eigenvalue weighted by Crippen LogP contribution is -2.47. The van der Waals surface area contributed by atoms with Gasteiger partial charge in [-0.15, -0.1) is 0 Å². The van der Waals surface area contributed by atoms with Crippen LogP contribution in [0.5, 0.6) is 0 Å². The van der Waals surface area contributed by atoms with Crippen LogP contribution < -0.4 is 0 Å². The third-order valence-corrected chi connectivity index (χ3v) is 2.00. The van der Waals surface area contributed by atoms with E-state index in [1.54, 1.807) is 12.3 Å². The van der Waals surface area contributed by atoms with E-state index in [9.17, 15) is 4.79 Å². The van der Waals surface area contributed by atoms with E-state index in [1.807, 2.05) is 19.1 Å². The van der Waals surface area contributed by atoms with Crippen molar-refractivity contribution in [2.75, 3.05) is 13.1 Å². The van der Waals surface area contributed by atoms with E-state index in [0.29, 0.717) is 13.1 Å². The fraction of sp³-hybridized carbons (Fsp3) is 0.375. The van der Waals surface area contributed by atoms with Crippen molar-refractivity contribution >= 4 is 6.09 Å². The number of likely N-dealkylation sites (N-methyl/N-ethyl adjacent to an activating group) is 1. The molecule has 1 aliphatic rings. The Morgan fingerprint density at radius 1 is 1.64 bits per heavy atom. The van der Waals surface area contributed by atoms with Gasteiger partial charge in [-0.1, -0.05) is 6.08 Å². The second-order valence-electron chi connectivity index (χ2n) is 2.59. The molecule has 0 bridgehead atoms. The van der Waals surface area contributed by atoms with Gasteiger partial charge in [-0.05, 0) is 19.1 Å². The van der Waals surface area contributed by atoms with Crippen molar-refractivity contribution in [3.8, 4) is 0 Å². The van der Waals surface area contributed by atoms with Gasteiger partial charge in [-0.3, -0.25) is 0 Å². The van der Waals surface area contributed by atoms with Crippen molar-refractivity contribution in [1.82, 2.24) is 0 Å². The molecule has 1 heterocycles. The average Bonchev–Trinajstić information content (AvgIpc) is 2.05. The summed E-state index contributed by atoms with van der Waals surface area (Å²) in [4.78, 5) is 10.8. The second kappa shape index (κ2) is 2.88. The van der Waals surface area contributed by atoms with E-state index in [1.165, 1.54) is 0 Å². The predicted octanol–water partition coefficient (Wildman–Crippen LogP) is 1.58. The van der Waals surface area contributed by atoms with Gasteiger partial charge in [0.2, 0.25) is 0 Å². The number of hydrogen-bond acceptors (Lipinski definition) is 1. The third-order valence-electron chi connectivity index (χ3n) is 2.00. The van der Waals surface area contributed by atoms with Crippen LogP contribution in [0.25, 0.3) is 0 Å². The molecule has 1 rings (SSSR count). The summed E-state index contributed by atoms with van der Waals surface area (Å²) in [5, 5.41) is 8.88. The minimum atomic E-state index is -0.784. The summed E-state index contributed by atoms with van der Waals surface area (Å²) in [5.74, 6) is 0. The lowest BCUT2D eigenvalue weighted by Gasteiger charge is -2.26. The number of carbonyl (C=O) groups is 1. The van der Waals surface area contributed by atoms with Crippen LogP contribution >= 0.6 is 0 Å². The van der Waals surface area contributed by atoms with Crippen molar-refractivity contribution in [3.05, 3.63) is 24.4 Å². The maximum Gasteiger partial charge on any atom is 0.518 e. The monoisotopic (exact) mass is 154 g/mol. The Hall–Kier alpha value is -1.09. The molecular weight excluding hydrogens is 142 g/mol. The highest BCUT2D eigenvalue weighted by molar-refractivity contribution is 5.58. The number of amides is 1. The Kier molecular flexibility index (Phi) is 2.10. The van der Waals surface area contributed by atoms with Crippen molar-refractivity contribution in [2.45, 2.75) is 6.92 Å². The van der Waals surface area contributed by atoms with E-state index in [4.69, 9.17) is 5.11 Å². The standard InChI is InChI=1S/C8H11NO2/c1-2-9(8(10)11)6-4-3-5-7-9/h3-6H,2,7H2,1H3/p+1. The van der Waals surface area contributed by atoms with Gasteiger partial charge in [0.15, 0.2) is 0 Å². The smallest absolute Gasteiger partial charge is 0.435 e. The van der Waals surface area contributed by atoms with Crippen LogP contribution in [-0.2, 0) is 0 Å². The van der Waals surface area contributed by atoms with Crippen LogP contribution in [-0.4, -0.2) is 28.8 Å². The van der Waals surface area contributed by atoms with E-state index >= 15 is 0 Å². The van der Waals surface area contributed by atoms with E-state index in [-0.39, 0.29) is 4.48 Å². The van der Waals surface area contributed by atoms with Crippen molar-refractivity contribution in [1.29, 1.82) is 0 Å². The Morgan fingerprint density at radius 2 is 2.36 bits per heavy atom. The average molecular weight is 154 g/mol. The fourth-order valence-electron chi connectivity index (χ4n) is 1.11. The summed E-state index contributed by atoms with van der Waals surface area (Å²) < 4.78 is 0.0243. The molecule has 1 aliphatic heterocycles. The summed E-state index contributed by atoms with van der Waals surface area (Å²) in [6.45, 7) is 3.02. The van der Waals surface area contributed by atoms with Crippen LogP contribution in [0, 0.1) is 0 Å². The molecule has 0 radical (unpaired) electrons. The summed E-state index contributed by atoms with van der Waals surface area (Å²) >= 11 is 0. The first-order chi connectivity index (χ1) is 5.21. The quantitative estimate of drug-likeness (QED) is 0.582. The first kappa shape index (κ1) is 8.01. The molecule has 3 nitrogen and oxygen atoms in total. The van der Waals surface area contributed by atoms with Gasteiger partial charge >= 0.3 is 6.09 Å². The molecule has 3 heteroatoms. The molecule has 1 amide bonds. The molecule has 0 aromatic carbocycles. The number of rotatable bonds is 1. The van der Waals surface area contributed by atoms with Crippen molar-refractivity contribution in [3.63, 3.8) is 0 Å². The first-order valence-electron chi connectivity index (χ1n) is 3.66. The number of allylic oxidation sites excluding steroid dienone is 2. The third kappa shape index (κ3) is 1.33. The van der Waals surface area contributed by atoms with Crippen LogP contribution in [0.3, 0.4) is 0 Å². The van der Waals surface area contributed by atoms with Gasteiger partial charge in [0.1, 0.15) is 12.7 Å². The number of nitrogens with zero attached hydrogens (tertiary/aromatic N) is 1. The van der Waals surface area contributed by atoms with Gasteiger partial charge in [-0.25, -0.2) is 0 Å². The molecule has 0 fully saturated rings. The molecule has 11 heavy (non-hydrogen) atoms. The highest BCUT2D eigenvalue weighted by Gasteiger charge is 2.32. The molecule has 0 aliphatic carbocycles. The minimum Gasteiger partial charge on any atom is -0.435 e. The van der Waals surface area contributed by atoms with Gasteiger partial charge in [0, 0.05) is 0 Å². The highest BCUT2D eigenvalue weighted by Crippen LogP contribution is 2.12. The fourth-order valence-corrected chi connectivity index (χ4v) is 1.11. The molecule has 0 aromatic rings. The molecule has 1 N–H and O–H groups in total. The Labute approximate surface area is 65.8 Å².